The monoisotopic (exact) mass is 462 g/mol. The van der Waals surface area contributed by atoms with E-state index in [-0.39, 0.29) is 45.9 Å². The highest BCUT2D eigenvalue weighted by Crippen LogP contribution is 2.46. The average molecular weight is 462 g/mol. The molecule has 166 valence electrons. The highest BCUT2D eigenvalue weighted by molar-refractivity contribution is 8.19. The van der Waals surface area contributed by atoms with Crippen LogP contribution in [0.1, 0.15) is 29.2 Å². The second-order valence-electron chi connectivity index (χ2n) is 6.53. The van der Waals surface area contributed by atoms with E-state index in [9.17, 15) is 36.5 Å². The van der Waals surface area contributed by atoms with Crippen LogP contribution in [0.4, 0.5) is 0 Å². The maximum atomic E-state index is 11.7. The minimum atomic E-state index is -4.60. The Labute approximate surface area is 174 Å². The van der Waals surface area contributed by atoms with Crippen molar-refractivity contribution in [3.8, 4) is 11.5 Å². The van der Waals surface area contributed by atoms with Crippen molar-refractivity contribution in [1.29, 1.82) is 0 Å². The van der Waals surface area contributed by atoms with Crippen LogP contribution in [-0.4, -0.2) is 49.4 Å². The number of phenols is 1. The van der Waals surface area contributed by atoms with Gasteiger partial charge in [0.25, 0.3) is 10.1 Å². The molecule has 30 heavy (non-hydrogen) atoms. The molecule has 0 spiro atoms. The third-order valence-corrected chi connectivity index (χ3v) is 5.98. The average Bonchev–Trinajstić information content (AvgIpc) is 2.61. The molecule has 0 radical (unpaired) electrons. The first kappa shape index (κ1) is 23.9. The molecule has 6 N–H and O–H groups in total. The summed E-state index contributed by atoms with van der Waals surface area (Å²) in [6.45, 7) is 2.42. The number of benzene rings is 2. The largest absolute Gasteiger partial charge is 0.507 e. The molecule has 2 rings (SSSR count). The van der Waals surface area contributed by atoms with E-state index in [1.807, 2.05) is 0 Å². The number of aliphatic carboxylic acids is 1. The maximum Gasteiger partial charge on any atom is 0.341 e. The molecule has 0 saturated carbocycles. The van der Waals surface area contributed by atoms with Crippen molar-refractivity contribution in [1.82, 2.24) is 0 Å². The molecule has 0 aliphatic heterocycles. The molecule has 0 aromatic heterocycles. The van der Waals surface area contributed by atoms with Crippen LogP contribution in [-0.2, 0) is 27.8 Å². The van der Waals surface area contributed by atoms with Crippen LogP contribution in [0.3, 0.4) is 0 Å². The van der Waals surface area contributed by atoms with Gasteiger partial charge in [-0.25, -0.2) is 4.79 Å². The van der Waals surface area contributed by atoms with Gasteiger partial charge in [-0.15, -0.1) is 0 Å². The lowest BCUT2D eigenvalue weighted by Crippen LogP contribution is -2.13. The van der Waals surface area contributed by atoms with Gasteiger partial charge in [0.2, 0.25) is 0 Å². The fourth-order valence-electron chi connectivity index (χ4n) is 2.90. The lowest BCUT2D eigenvalue weighted by atomic mass is 9.98. The summed E-state index contributed by atoms with van der Waals surface area (Å²) in [6.07, 6.45) is 0.0227. The predicted molar refractivity (Wildman–Crippen MR) is 108 cm³/mol. The Kier molecular flexibility index (Phi) is 7.01. The Morgan fingerprint density at radius 1 is 0.967 bits per heavy atom. The third kappa shape index (κ3) is 5.62. The number of ether oxygens (including phenoxy) is 1. The third-order valence-electron chi connectivity index (χ3n) is 4.29. The summed E-state index contributed by atoms with van der Waals surface area (Å²) in [5.74, 6) is -1.45. The molecule has 0 aliphatic carbocycles. The van der Waals surface area contributed by atoms with Gasteiger partial charge >= 0.3 is 5.97 Å². The minimum Gasteiger partial charge on any atom is -0.507 e. The van der Waals surface area contributed by atoms with Gasteiger partial charge in [-0.3, -0.25) is 4.55 Å². The summed E-state index contributed by atoms with van der Waals surface area (Å²) in [6, 6.07) is 4.54. The zero-order valence-electron chi connectivity index (χ0n) is 16.1. The Morgan fingerprint density at radius 2 is 1.53 bits per heavy atom. The van der Waals surface area contributed by atoms with Gasteiger partial charge in [-0.1, -0.05) is 6.92 Å². The van der Waals surface area contributed by atoms with E-state index in [0.29, 0.717) is 5.56 Å². The Hall–Kier alpha value is -2.35. The van der Waals surface area contributed by atoms with Crippen molar-refractivity contribution in [2.24, 2.45) is 0 Å². The first-order valence-corrected chi connectivity index (χ1v) is 11.5. The standard InChI is InChI=1S/C18H22O10S2/c1-3-11-6-15(30(25,26)27)8-13(18(11)28-9-16(19)20)5-12-7-14(29(22,23)24)4-10(2)17(12)21/h4,6-8,21-24H,3,5,9H2,1-2H3,(H,19,20)(H,25,26,27). The number of hydrogen-bond donors (Lipinski definition) is 6. The van der Waals surface area contributed by atoms with Crippen molar-refractivity contribution in [3.05, 3.63) is 46.5 Å². The van der Waals surface area contributed by atoms with Gasteiger partial charge in [0.1, 0.15) is 22.4 Å². The normalized spacial score (nSPS) is 12.6. The molecule has 10 nitrogen and oxygen atoms in total. The number of phenolic OH excluding ortho intramolecular Hbond substituents is 1. The van der Waals surface area contributed by atoms with E-state index in [2.05, 4.69) is 0 Å². The number of hydrogen-bond acceptors (Lipinski definition) is 8. The first-order chi connectivity index (χ1) is 13.7. The highest BCUT2D eigenvalue weighted by Gasteiger charge is 2.23. The van der Waals surface area contributed by atoms with Crippen LogP contribution in [0.25, 0.3) is 0 Å². The van der Waals surface area contributed by atoms with Crippen molar-refractivity contribution in [2.75, 3.05) is 6.61 Å². The lowest BCUT2D eigenvalue weighted by Gasteiger charge is -2.22. The highest BCUT2D eigenvalue weighted by atomic mass is 32.3. The van der Waals surface area contributed by atoms with Gasteiger partial charge in [0, 0.05) is 12.0 Å². The molecule has 0 atom stereocenters. The van der Waals surface area contributed by atoms with E-state index in [4.69, 9.17) is 9.84 Å². The van der Waals surface area contributed by atoms with E-state index >= 15 is 0 Å². The zero-order valence-corrected chi connectivity index (χ0v) is 17.7. The second-order valence-corrected chi connectivity index (χ2v) is 9.46. The number of aryl methyl sites for hydroxylation is 2. The Morgan fingerprint density at radius 3 is 2.03 bits per heavy atom. The van der Waals surface area contributed by atoms with Crippen LogP contribution in [0.5, 0.6) is 11.5 Å². The van der Waals surface area contributed by atoms with E-state index in [1.165, 1.54) is 13.0 Å². The first-order valence-electron chi connectivity index (χ1n) is 8.55. The Bertz CT molecular complexity index is 1070. The van der Waals surface area contributed by atoms with E-state index < -0.39 is 38.5 Å². The van der Waals surface area contributed by atoms with Crippen molar-refractivity contribution >= 4 is 27.0 Å². The zero-order chi connectivity index (χ0) is 22.9. The molecule has 0 saturated heterocycles. The number of rotatable bonds is 8. The fourth-order valence-corrected chi connectivity index (χ4v) is 4.12. The van der Waals surface area contributed by atoms with Gasteiger partial charge < -0.3 is 28.6 Å². The molecule has 0 amide bonds. The molecular formula is C18H22O10S2. The molecule has 0 heterocycles. The number of carboxylic acid groups (broad SMARTS) is 1. The molecule has 12 heteroatoms. The van der Waals surface area contributed by atoms with E-state index in [0.717, 1.165) is 18.2 Å². The fraction of sp³-hybridized carbons (Fsp3) is 0.278. The molecule has 0 aliphatic rings. The maximum absolute atomic E-state index is 11.7. The van der Waals surface area contributed by atoms with Crippen molar-refractivity contribution in [3.63, 3.8) is 0 Å². The second kappa shape index (κ2) is 8.79. The summed E-state index contributed by atoms with van der Waals surface area (Å²) >= 11 is 0. The molecule has 0 fully saturated rings. The van der Waals surface area contributed by atoms with Gasteiger partial charge in [-0.05, 0) is 54.3 Å². The van der Waals surface area contributed by atoms with Crippen LogP contribution in [0, 0.1) is 6.92 Å². The predicted octanol–water partition coefficient (Wildman–Crippen LogP) is 3.15. The quantitative estimate of drug-likeness (QED) is 0.319. The van der Waals surface area contributed by atoms with Crippen LogP contribution < -0.4 is 4.74 Å². The smallest absolute Gasteiger partial charge is 0.341 e. The van der Waals surface area contributed by atoms with Crippen LogP contribution in [0.15, 0.2) is 34.1 Å². The Balaban J connectivity index is 2.70. The van der Waals surface area contributed by atoms with Gasteiger partial charge in [-0.2, -0.15) is 8.42 Å². The molecule has 2 aromatic rings. The molecular weight excluding hydrogens is 440 g/mol. The SMILES string of the molecule is CCc1cc(S(=O)(=O)O)cc(Cc2cc(S(O)(O)O)cc(C)c2O)c1OCC(=O)O. The molecule has 0 unspecified atom stereocenters. The lowest BCUT2D eigenvalue weighted by molar-refractivity contribution is -0.139. The van der Waals surface area contributed by atoms with Crippen molar-refractivity contribution in [2.45, 2.75) is 36.5 Å². The molecule has 0 bridgehead atoms. The number of aromatic hydroxyl groups is 1. The topological polar surface area (TPSA) is 182 Å². The minimum absolute atomic E-state index is 0.0605. The van der Waals surface area contributed by atoms with Crippen molar-refractivity contribution < 1.29 is 46.4 Å². The molecule has 2 aromatic carbocycles. The van der Waals surface area contributed by atoms with Crippen LogP contribution in [0.2, 0.25) is 0 Å². The summed E-state index contributed by atoms with van der Waals surface area (Å²) in [4.78, 5) is 10.2. The number of carbonyl (C=O) groups is 1. The van der Waals surface area contributed by atoms with E-state index in [1.54, 1.807) is 6.92 Å². The van der Waals surface area contributed by atoms with Gasteiger partial charge in [0.05, 0.1) is 9.79 Å². The summed E-state index contributed by atoms with van der Waals surface area (Å²) in [7, 11) is -8.69. The summed E-state index contributed by atoms with van der Waals surface area (Å²) in [5, 5.41) is 19.3. The summed E-state index contributed by atoms with van der Waals surface area (Å²) < 4.78 is 66.7. The van der Waals surface area contributed by atoms with Crippen LogP contribution >= 0.6 is 10.9 Å². The summed E-state index contributed by atoms with van der Waals surface area (Å²) in [5.41, 5.74) is 0.740. The van der Waals surface area contributed by atoms with Gasteiger partial charge in [0.15, 0.2) is 6.61 Å². The number of carboxylic acids is 1.